The molecule has 3 rings (SSSR count). The van der Waals surface area contributed by atoms with Crippen LogP contribution in [0.5, 0.6) is 5.75 Å². The van der Waals surface area contributed by atoms with Crippen LogP contribution in [-0.2, 0) is 17.6 Å². The van der Waals surface area contributed by atoms with Gasteiger partial charge in [0.25, 0.3) is 0 Å². The van der Waals surface area contributed by atoms with Gasteiger partial charge in [0.05, 0.1) is 19.5 Å². The average molecular weight is 346 g/mol. The number of aliphatic imine (C=N–C) groups is 1. The highest BCUT2D eigenvalue weighted by Gasteiger charge is 2.06. The van der Waals surface area contributed by atoms with Crippen molar-refractivity contribution in [2.75, 3.05) is 13.7 Å². The Balaban J connectivity index is 1.61. The first-order valence-corrected chi connectivity index (χ1v) is 8.56. The van der Waals surface area contributed by atoms with Crippen LogP contribution in [0.2, 0.25) is 0 Å². The van der Waals surface area contributed by atoms with Gasteiger partial charge in [-0.15, -0.1) is 0 Å². The maximum Gasteiger partial charge on any atom is 0.158 e. The lowest BCUT2D eigenvalue weighted by atomic mass is 10.0. The van der Waals surface area contributed by atoms with Gasteiger partial charge < -0.3 is 10.5 Å². The third kappa shape index (κ3) is 4.48. The monoisotopic (exact) mass is 346 g/mol. The predicted octanol–water partition coefficient (Wildman–Crippen LogP) is 3.56. The topological polar surface area (TPSA) is 64.7 Å². The lowest BCUT2D eigenvalue weighted by Gasteiger charge is -2.06. The zero-order valence-electron chi connectivity index (χ0n) is 14.8. The van der Waals surface area contributed by atoms with Gasteiger partial charge in [0.2, 0.25) is 0 Å². The molecule has 0 bridgehead atoms. The number of Topliss-reactive ketones (excluding diaryl/α,β-unsaturated/α-hetero) is 1. The highest BCUT2D eigenvalue weighted by Crippen LogP contribution is 2.18. The van der Waals surface area contributed by atoms with Crippen molar-refractivity contribution >= 4 is 22.4 Å². The van der Waals surface area contributed by atoms with Crippen molar-refractivity contribution in [1.82, 2.24) is 0 Å². The largest absolute Gasteiger partial charge is 0.497 e. The molecule has 0 radical (unpaired) electrons. The summed E-state index contributed by atoms with van der Waals surface area (Å²) in [4.78, 5) is 16.4. The number of rotatable bonds is 7. The first-order valence-electron chi connectivity index (χ1n) is 8.56. The van der Waals surface area contributed by atoms with Crippen LogP contribution in [0.15, 0.2) is 71.7 Å². The molecule has 132 valence electrons. The quantitative estimate of drug-likeness (QED) is 0.525. The normalized spacial score (nSPS) is 11.5. The third-order valence-corrected chi connectivity index (χ3v) is 4.27. The van der Waals surface area contributed by atoms with Gasteiger partial charge in [-0.05, 0) is 34.0 Å². The van der Waals surface area contributed by atoms with Gasteiger partial charge in [0.1, 0.15) is 5.75 Å². The summed E-state index contributed by atoms with van der Waals surface area (Å²) in [5, 5.41) is 2.34. The summed E-state index contributed by atoms with van der Waals surface area (Å²) in [6.45, 7) is 0.0998. The number of carbonyl (C=O) groups is 1. The number of carbonyl (C=O) groups excluding carboxylic acids is 1. The average Bonchev–Trinajstić information content (AvgIpc) is 2.67. The van der Waals surface area contributed by atoms with Crippen LogP contribution in [0.1, 0.15) is 11.1 Å². The zero-order chi connectivity index (χ0) is 18.4. The van der Waals surface area contributed by atoms with Crippen molar-refractivity contribution in [2.24, 2.45) is 10.7 Å². The Kier molecular flexibility index (Phi) is 5.64. The second-order valence-corrected chi connectivity index (χ2v) is 6.19. The second-order valence-electron chi connectivity index (χ2n) is 6.19. The number of amidine groups is 1. The Morgan fingerprint density at radius 2 is 1.69 bits per heavy atom. The first kappa shape index (κ1) is 17.7. The van der Waals surface area contributed by atoms with Crippen molar-refractivity contribution in [3.63, 3.8) is 0 Å². The van der Waals surface area contributed by atoms with E-state index in [0.717, 1.165) is 22.3 Å². The fraction of sp³-hybridized carbons (Fsp3) is 0.182. The van der Waals surface area contributed by atoms with Gasteiger partial charge in [-0.2, -0.15) is 0 Å². The number of hydrogen-bond donors (Lipinski definition) is 1. The Bertz CT molecular complexity index is 925. The fourth-order valence-corrected chi connectivity index (χ4v) is 2.91. The summed E-state index contributed by atoms with van der Waals surface area (Å²) in [6, 6.07) is 21.8. The SMILES string of the molecule is COc1ccc(CC(=O)CN=C(N)Cc2cccc3ccccc23)cc1. The summed E-state index contributed by atoms with van der Waals surface area (Å²) < 4.78 is 5.12. The maximum atomic E-state index is 12.1. The molecule has 3 aromatic carbocycles. The lowest BCUT2D eigenvalue weighted by Crippen LogP contribution is -2.18. The molecule has 0 spiro atoms. The maximum absolute atomic E-state index is 12.1. The molecule has 0 atom stereocenters. The molecule has 0 fully saturated rings. The summed E-state index contributed by atoms with van der Waals surface area (Å²) in [5.74, 6) is 1.29. The summed E-state index contributed by atoms with van der Waals surface area (Å²) in [7, 11) is 1.62. The van der Waals surface area contributed by atoms with Crippen molar-refractivity contribution < 1.29 is 9.53 Å². The van der Waals surface area contributed by atoms with Crippen molar-refractivity contribution in [1.29, 1.82) is 0 Å². The number of ketones is 1. The number of nitrogens with zero attached hydrogens (tertiary/aromatic N) is 1. The molecule has 0 aliphatic rings. The van der Waals surface area contributed by atoms with E-state index in [-0.39, 0.29) is 12.3 Å². The fourth-order valence-electron chi connectivity index (χ4n) is 2.91. The number of fused-ring (bicyclic) bond motifs is 1. The van der Waals surface area contributed by atoms with Crippen LogP contribution in [0.3, 0.4) is 0 Å². The number of hydrogen-bond acceptors (Lipinski definition) is 3. The van der Waals surface area contributed by atoms with Crippen LogP contribution in [-0.4, -0.2) is 25.3 Å². The van der Waals surface area contributed by atoms with Crippen LogP contribution in [0.4, 0.5) is 0 Å². The van der Waals surface area contributed by atoms with E-state index >= 15 is 0 Å². The van der Waals surface area contributed by atoms with Crippen LogP contribution < -0.4 is 10.5 Å². The van der Waals surface area contributed by atoms with Gasteiger partial charge in [-0.3, -0.25) is 9.79 Å². The molecule has 26 heavy (non-hydrogen) atoms. The molecule has 4 heteroatoms. The van der Waals surface area contributed by atoms with Gasteiger partial charge in [0.15, 0.2) is 5.78 Å². The Labute approximate surface area is 153 Å². The van der Waals surface area contributed by atoms with Gasteiger partial charge in [-0.1, -0.05) is 54.6 Å². The van der Waals surface area contributed by atoms with Crippen LogP contribution in [0, 0.1) is 0 Å². The molecular formula is C22H22N2O2. The van der Waals surface area contributed by atoms with E-state index in [1.165, 1.54) is 5.39 Å². The number of benzene rings is 3. The number of methoxy groups -OCH3 is 1. The minimum Gasteiger partial charge on any atom is -0.497 e. The van der Waals surface area contributed by atoms with Crippen molar-refractivity contribution in [3.8, 4) is 5.75 Å². The molecule has 0 aromatic heterocycles. The standard InChI is InChI=1S/C22H22N2O2/c1-26-20-11-9-16(10-12-20)13-19(25)15-24-22(23)14-18-7-4-6-17-5-2-3-8-21(17)18/h2-12H,13-15H2,1H3,(H2,23,24). The Morgan fingerprint density at radius 3 is 2.46 bits per heavy atom. The summed E-state index contributed by atoms with van der Waals surface area (Å²) in [6.07, 6.45) is 0.881. The lowest BCUT2D eigenvalue weighted by molar-refractivity contribution is -0.117. The van der Waals surface area contributed by atoms with Crippen LogP contribution >= 0.6 is 0 Å². The van der Waals surface area contributed by atoms with Crippen molar-refractivity contribution in [2.45, 2.75) is 12.8 Å². The molecular weight excluding hydrogens is 324 g/mol. The molecule has 0 aliphatic carbocycles. The summed E-state index contributed by atoms with van der Waals surface area (Å²) in [5.41, 5.74) is 8.12. The van der Waals surface area contributed by atoms with E-state index in [9.17, 15) is 4.79 Å². The molecule has 0 heterocycles. The summed E-state index contributed by atoms with van der Waals surface area (Å²) >= 11 is 0. The predicted molar refractivity (Wildman–Crippen MR) is 106 cm³/mol. The van der Waals surface area contributed by atoms with E-state index in [2.05, 4.69) is 23.2 Å². The molecule has 0 unspecified atom stereocenters. The van der Waals surface area contributed by atoms with Crippen LogP contribution in [0.25, 0.3) is 10.8 Å². The van der Waals surface area contributed by atoms with E-state index in [4.69, 9.17) is 10.5 Å². The smallest absolute Gasteiger partial charge is 0.158 e. The highest BCUT2D eigenvalue weighted by molar-refractivity contribution is 5.93. The molecule has 2 N–H and O–H groups in total. The van der Waals surface area contributed by atoms with E-state index in [1.807, 2.05) is 48.5 Å². The number of ether oxygens (including phenoxy) is 1. The molecule has 3 aromatic rings. The van der Waals surface area contributed by atoms with E-state index in [0.29, 0.717) is 18.7 Å². The number of nitrogens with two attached hydrogens (primary N) is 1. The molecule has 0 amide bonds. The Morgan fingerprint density at radius 1 is 0.962 bits per heavy atom. The first-order chi connectivity index (χ1) is 12.7. The van der Waals surface area contributed by atoms with E-state index < -0.39 is 0 Å². The highest BCUT2D eigenvalue weighted by atomic mass is 16.5. The molecule has 0 saturated heterocycles. The molecule has 4 nitrogen and oxygen atoms in total. The van der Waals surface area contributed by atoms with Gasteiger partial charge in [-0.25, -0.2) is 0 Å². The second kappa shape index (κ2) is 8.30. The van der Waals surface area contributed by atoms with Gasteiger partial charge >= 0.3 is 0 Å². The zero-order valence-corrected chi connectivity index (χ0v) is 14.8. The molecule has 0 saturated carbocycles. The van der Waals surface area contributed by atoms with E-state index in [1.54, 1.807) is 7.11 Å². The van der Waals surface area contributed by atoms with Gasteiger partial charge in [0, 0.05) is 12.8 Å². The van der Waals surface area contributed by atoms with Crippen molar-refractivity contribution in [3.05, 3.63) is 77.9 Å². The minimum absolute atomic E-state index is 0.0380. The third-order valence-electron chi connectivity index (χ3n) is 4.27. The minimum atomic E-state index is 0.0380. The molecule has 0 aliphatic heterocycles. The Hall–Kier alpha value is -3.14.